The molecule has 0 aliphatic carbocycles. The molecular formula is C14H9ClN2O. The number of carbonyl (C=O) groups excluding carboxylic acids is 1. The van der Waals surface area contributed by atoms with Crippen molar-refractivity contribution in [3.05, 3.63) is 59.4 Å². The highest BCUT2D eigenvalue weighted by Crippen LogP contribution is 2.23. The fourth-order valence-corrected chi connectivity index (χ4v) is 2.19. The molecule has 2 aromatic heterocycles. The van der Waals surface area contributed by atoms with Crippen molar-refractivity contribution in [1.82, 2.24) is 9.55 Å². The van der Waals surface area contributed by atoms with Crippen molar-refractivity contribution >= 4 is 28.9 Å². The first kappa shape index (κ1) is 11.0. The van der Waals surface area contributed by atoms with Crippen molar-refractivity contribution in [3.63, 3.8) is 0 Å². The van der Waals surface area contributed by atoms with Crippen molar-refractivity contribution in [2.75, 3.05) is 0 Å². The number of aldehydes is 1. The summed E-state index contributed by atoms with van der Waals surface area (Å²) in [4.78, 5) is 15.3. The van der Waals surface area contributed by atoms with Gasteiger partial charge in [-0.25, -0.2) is 4.98 Å². The van der Waals surface area contributed by atoms with E-state index in [4.69, 9.17) is 11.6 Å². The third kappa shape index (κ3) is 1.69. The molecule has 3 aromatic rings. The minimum Gasteiger partial charge on any atom is -0.301 e. The number of carbonyl (C=O) groups is 1. The summed E-state index contributed by atoms with van der Waals surface area (Å²) in [5, 5.41) is 1.12. The Morgan fingerprint density at radius 1 is 1.17 bits per heavy atom. The summed E-state index contributed by atoms with van der Waals surface area (Å²) in [6.07, 6.45) is 2.68. The van der Waals surface area contributed by atoms with Gasteiger partial charge in [-0.1, -0.05) is 29.8 Å². The Balaban J connectivity index is 2.33. The summed E-state index contributed by atoms with van der Waals surface area (Å²) < 4.78 is 1.91. The fourth-order valence-electron chi connectivity index (χ4n) is 2.00. The van der Waals surface area contributed by atoms with Crippen LogP contribution in [0.5, 0.6) is 0 Å². The number of hydrogen-bond acceptors (Lipinski definition) is 2. The van der Waals surface area contributed by atoms with Crippen LogP contribution in [0.4, 0.5) is 0 Å². The second kappa shape index (κ2) is 4.27. The zero-order valence-electron chi connectivity index (χ0n) is 9.38. The Bertz CT molecular complexity index is 719. The largest absolute Gasteiger partial charge is 0.301 e. The molecule has 88 valence electrons. The molecule has 0 saturated heterocycles. The normalized spacial score (nSPS) is 10.7. The van der Waals surface area contributed by atoms with E-state index in [0.29, 0.717) is 16.4 Å². The lowest BCUT2D eigenvalue weighted by molar-refractivity contribution is 0.112. The van der Waals surface area contributed by atoms with Crippen LogP contribution in [0.25, 0.3) is 16.7 Å². The molecule has 0 fully saturated rings. The van der Waals surface area contributed by atoms with Gasteiger partial charge in [-0.15, -0.1) is 0 Å². The van der Waals surface area contributed by atoms with Crippen LogP contribution in [0, 0.1) is 0 Å². The van der Waals surface area contributed by atoms with Crippen LogP contribution >= 0.6 is 11.6 Å². The van der Waals surface area contributed by atoms with Gasteiger partial charge in [0.05, 0.1) is 0 Å². The highest BCUT2D eigenvalue weighted by Gasteiger charge is 2.09. The average Bonchev–Trinajstić information content (AvgIpc) is 2.82. The Labute approximate surface area is 109 Å². The maximum atomic E-state index is 11.0. The van der Waals surface area contributed by atoms with Crippen LogP contribution in [-0.4, -0.2) is 15.8 Å². The van der Waals surface area contributed by atoms with Gasteiger partial charge < -0.3 is 4.57 Å². The van der Waals surface area contributed by atoms with Gasteiger partial charge in [0, 0.05) is 22.8 Å². The molecule has 0 aliphatic heterocycles. The molecule has 0 bridgehead atoms. The molecule has 3 nitrogen and oxygen atoms in total. The predicted molar refractivity (Wildman–Crippen MR) is 71.5 cm³/mol. The summed E-state index contributed by atoms with van der Waals surface area (Å²) in [7, 11) is 0. The van der Waals surface area contributed by atoms with Gasteiger partial charge in [-0.2, -0.15) is 0 Å². The maximum absolute atomic E-state index is 11.0. The standard InChI is InChI=1S/C14H9ClN2O/c15-13-8-10(9-18)12-6-7-17(14(12)16-13)11-4-2-1-3-5-11/h1-9H. The van der Waals surface area contributed by atoms with Crippen molar-refractivity contribution < 1.29 is 4.79 Å². The number of nitrogens with zero attached hydrogens (tertiary/aromatic N) is 2. The number of halogens is 1. The zero-order chi connectivity index (χ0) is 12.5. The summed E-state index contributed by atoms with van der Waals surface area (Å²) in [6.45, 7) is 0. The number of benzene rings is 1. The van der Waals surface area contributed by atoms with Gasteiger partial charge in [-0.3, -0.25) is 4.79 Å². The van der Waals surface area contributed by atoms with Gasteiger partial charge >= 0.3 is 0 Å². The molecule has 0 saturated carbocycles. The number of fused-ring (bicyclic) bond motifs is 1. The molecule has 0 radical (unpaired) electrons. The third-order valence-electron chi connectivity index (χ3n) is 2.82. The third-order valence-corrected chi connectivity index (χ3v) is 3.01. The molecule has 0 N–H and O–H groups in total. The van der Waals surface area contributed by atoms with E-state index in [1.165, 1.54) is 0 Å². The summed E-state index contributed by atoms with van der Waals surface area (Å²) in [6, 6.07) is 13.2. The van der Waals surface area contributed by atoms with E-state index in [1.807, 2.05) is 47.2 Å². The lowest BCUT2D eigenvalue weighted by atomic mass is 10.2. The zero-order valence-corrected chi connectivity index (χ0v) is 10.1. The second-order valence-electron chi connectivity index (χ2n) is 3.91. The van der Waals surface area contributed by atoms with E-state index in [-0.39, 0.29) is 0 Å². The van der Waals surface area contributed by atoms with Crippen molar-refractivity contribution in [2.24, 2.45) is 0 Å². The highest BCUT2D eigenvalue weighted by molar-refractivity contribution is 6.30. The van der Waals surface area contributed by atoms with Crippen LogP contribution in [0.2, 0.25) is 5.15 Å². The molecule has 0 amide bonds. The fraction of sp³-hybridized carbons (Fsp3) is 0. The minimum atomic E-state index is 0.320. The number of pyridine rings is 1. The van der Waals surface area contributed by atoms with E-state index in [0.717, 1.165) is 17.4 Å². The van der Waals surface area contributed by atoms with E-state index in [2.05, 4.69) is 4.98 Å². The van der Waals surface area contributed by atoms with Crippen LogP contribution < -0.4 is 0 Å². The number of aromatic nitrogens is 2. The van der Waals surface area contributed by atoms with Gasteiger partial charge in [0.2, 0.25) is 0 Å². The van der Waals surface area contributed by atoms with Gasteiger partial charge in [0.25, 0.3) is 0 Å². The molecular weight excluding hydrogens is 248 g/mol. The second-order valence-corrected chi connectivity index (χ2v) is 4.30. The van der Waals surface area contributed by atoms with E-state index in [1.54, 1.807) is 6.07 Å². The lowest BCUT2D eigenvalue weighted by Gasteiger charge is -2.05. The van der Waals surface area contributed by atoms with Crippen molar-refractivity contribution in [1.29, 1.82) is 0 Å². The average molecular weight is 257 g/mol. The van der Waals surface area contributed by atoms with E-state index >= 15 is 0 Å². The molecule has 0 atom stereocenters. The van der Waals surface area contributed by atoms with Gasteiger partial charge in [0.1, 0.15) is 10.8 Å². The molecule has 0 aliphatic rings. The van der Waals surface area contributed by atoms with Crippen molar-refractivity contribution in [2.45, 2.75) is 0 Å². The number of hydrogen-bond donors (Lipinski definition) is 0. The van der Waals surface area contributed by atoms with Gasteiger partial charge in [-0.05, 0) is 24.3 Å². The monoisotopic (exact) mass is 256 g/mol. The molecule has 18 heavy (non-hydrogen) atoms. The summed E-state index contributed by atoms with van der Waals surface area (Å²) in [5.41, 5.74) is 2.23. The highest BCUT2D eigenvalue weighted by atomic mass is 35.5. The SMILES string of the molecule is O=Cc1cc(Cl)nc2c1ccn2-c1ccccc1. The van der Waals surface area contributed by atoms with E-state index in [9.17, 15) is 4.79 Å². The molecule has 3 rings (SSSR count). The molecule has 0 spiro atoms. The molecule has 0 unspecified atom stereocenters. The molecule has 2 heterocycles. The quantitative estimate of drug-likeness (QED) is 0.520. The van der Waals surface area contributed by atoms with Crippen LogP contribution in [0.15, 0.2) is 48.7 Å². The topological polar surface area (TPSA) is 34.9 Å². The Morgan fingerprint density at radius 2 is 1.94 bits per heavy atom. The van der Waals surface area contributed by atoms with Crippen LogP contribution in [0.1, 0.15) is 10.4 Å². The summed E-state index contributed by atoms with van der Waals surface area (Å²) in [5.74, 6) is 0. The smallest absolute Gasteiger partial charge is 0.150 e. The van der Waals surface area contributed by atoms with Crippen LogP contribution in [0.3, 0.4) is 0 Å². The Hall–Kier alpha value is -2.13. The number of para-hydroxylation sites is 1. The Morgan fingerprint density at radius 3 is 2.67 bits per heavy atom. The summed E-state index contributed by atoms with van der Waals surface area (Å²) >= 11 is 5.94. The number of rotatable bonds is 2. The first-order chi connectivity index (χ1) is 8.79. The molecule has 1 aromatic carbocycles. The van der Waals surface area contributed by atoms with Crippen molar-refractivity contribution in [3.8, 4) is 5.69 Å². The Kier molecular flexibility index (Phi) is 2.61. The first-order valence-corrected chi connectivity index (χ1v) is 5.85. The van der Waals surface area contributed by atoms with Gasteiger partial charge in [0.15, 0.2) is 6.29 Å². The van der Waals surface area contributed by atoms with Crippen LogP contribution in [-0.2, 0) is 0 Å². The minimum absolute atomic E-state index is 0.320. The maximum Gasteiger partial charge on any atom is 0.150 e. The molecule has 4 heteroatoms. The lowest BCUT2D eigenvalue weighted by Crippen LogP contribution is -1.95. The predicted octanol–water partition coefficient (Wildman–Crippen LogP) is 3.49. The first-order valence-electron chi connectivity index (χ1n) is 5.48. The van der Waals surface area contributed by atoms with E-state index < -0.39 is 0 Å².